The number of carbonyl (C=O) groups excluding carboxylic acids is 1. The van der Waals surface area contributed by atoms with Gasteiger partial charge in [0.05, 0.1) is 22.8 Å². The Balaban J connectivity index is 1.65. The molecule has 0 unspecified atom stereocenters. The summed E-state index contributed by atoms with van der Waals surface area (Å²) in [6, 6.07) is 1.73. The van der Waals surface area contributed by atoms with Gasteiger partial charge in [0.15, 0.2) is 0 Å². The van der Waals surface area contributed by atoms with E-state index in [0.717, 1.165) is 24.4 Å². The summed E-state index contributed by atoms with van der Waals surface area (Å²) >= 11 is 1.80. The standard InChI is InChI=1S/C15H19N3O2S/c1-10-16-15-11(4-3-5-13(15)21-10)9-18(2)14(19)8-12-6-7-20-17-12/h6-7,11H,3-5,8-9H2,1-2H3/t11-/m1/s1. The van der Waals surface area contributed by atoms with Crippen LogP contribution in [0.15, 0.2) is 16.9 Å². The first-order valence-corrected chi connectivity index (χ1v) is 8.04. The maximum absolute atomic E-state index is 12.2. The molecule has 2 aromatic rings. The average molecular weight is 305 g/mol. The summed E-state index contributed by atoms with van der Waals surface area (Å²) < 4.78 is 4.76. The summed E-state index contributed by atoms with van der Waals surface area (Å²) in [7, 11) is 1.86. The fourth-order valence-corrected chi connectivity index (χ4v) is 3.92. The summed E-state index contributed by atoms with van der Waals surface area (Å²) in [5.74, 6) is 0.438. The molecule has 112 valence electrons. The van der Waals surface area contributed by atoms with Crippen molar-refractivity contribution in [1.82, 2.24) is 15.0 Å². The van der Waals surface area contributed by atoms with Crippen LogP contribution in [0.1, 0.15) is 40.0 Å². The summed E-state index contributed by atoms with van der Waals surface area (Å²) in [5.41, 5.74) is 1.89. The quantitative estimate of drug-likeness (QED) is 0.871. The van der Waals surface area contributed by atoms with Gasteiger partial charge in [0.2, 0.25) is 5.91 Å². The van der Waals surface area contributed by atoms with E-state index < -0.39 is 0 Å². The van der Waals surface area contributed by atoms with Gasteiger partial charge in [-0.3, -0.25) is 4.79 Å². The van der Waals surface area contributed by atoms with E-state index in [1.807, 2.05) is 7.05 Å². The minimum atomic E-state index is 0.0722. The summed E-state index contributed by atoms with van der Waals surface area (Å²) in [5, 5.41) is 4.92. The van der Waals surface area contributed by atoms with Gasteiger partial charge < -0.3 is 9.42 Å². The van der Waals surface area contributed by atoms with E-state index in [2.05, 4.69) is 17.1 Å². The second kappa shape index (κ2) is 5.97. The SMILES string of the molecule is Cc1nc2c(s1)CCC[C@@H]2CN(C)C(=O)Cc1ccon1. The molecule has 0 aromatic carbocycles. The number of amides is 1. The van der Waals surface area contributed by atoms with Gasteiger partial charge in [-0.05, 0) is 26.2 Å². The predicted octanol–water partition coefficient (Wildman–Crippen LogP) is 2.56. The molecule has 0 aliphatic heterocycles. The molecule has 6 heteroatoms. The highest BCUT2D eigenvalue weighted by Crippen LogP contribution is 2.34. The van der Waals surface area contributed by atoms with Crippen LogP contribution in [0.4, 0.5) is 0 Å². The topological polar surface area (TPSA) is 59.2 Å². The number of carbonyl (C=O) groups is 1. The molecule has 0 fully saturated rings. The van der Waals surface area contributed by atoms with Crippen molar-refractivity contribution in [3.63, 3.8) is 0 Å². The lowest BCUT2D eigenvalue weighted by atomic mass is 9.90. The highest BCUT2D eigenvalue weighted by atomic mass is 32.1. The number of aryl methyl sites for hydroxylation is 2. The Morgan fingerprint density at radius 1 is 1.57 bits per heavy atom. The monoisotopic (exact) mass is 305 g/mol. The zero-order valence-electron chi connectivity index (χ0n) is 12.3. The van der Waals surface area contributed by atoms with Gasteiger partial charge in [0.25, 0.3) is 0 Å². The fraction of sp³-hybridized carbons (Fsp3) is 0.533. The first-order chi connectivity index (χ1) is 10.1. The van der Waals surface area contributed by atoms with Crippen LogP contribution in [0, 0.1) is 6.92 Å². The smallest absolute Gasteiger partial charge is 0.228 e. The van der Waals surface area contributed by atoms with Crippen LogP contribution in [0.2, 0.25) is 0 Å². The first-order valence-electron chi connectivity index (χ1n) is 7.23. The maximum Gasteiger partial charge on any atom is 0.228 e. The Bertz CT molecular complexity index is 621. The number of rotatable bonds is 4. The van der Waals surface area contributed by atoms with Gasteiger partial charge in [-0.25, -0.2) is 4.98 Å². The maximum atomic E-state index is 12.2. The van der Waals surface area contributed by atoms with E-state index in [1.54, 1.807) is 22.3 Å². The Kier molecular flexibility index (Phi) is 4.05. The Morgan fingerprint density at radius 2 is 2.43 bits per heavy atom. The third kappa shape index (κ3) is 3.15. The molecule has 0 saturated heterocycles. The highest BCUT2D eigenvalue weighted by Gasteiger charge is 2.26. The summed E-state index contributed by atoms with van der Waals surface area (Å²) in [6.07, 6.45) is 5.22. The lowest BCUT2D eigenvalue weighted by molar-refractivity contribution is -0.129. The van der Waals surface area contributed by atoms with Crippen molar-refractivity contribution in [2.24, 2.45) is 0 Å². The van der Waals surface area contributed by atoms with Crippen molar-refractivity contribution in [1.29, 1.82) is 0 Å². The molecule has 2 aromatic heterocycles. The average Bonchev–Trinajstić information content (AvgIpc) is 3.07. The van der Waals surface area contributed by atoms with Crippen LogP contribution in [-0.2, 0) is 17.6 Å². The third-order valence-corrected chi connectivity index (χ3v) is 4.97. The number of hydrogen-bond acceptors (Lipinski definition) is 5. The van der Waals surface area contributed by atoms with Gasteiger partial charge in [-0.15, -0.1) is 11.3 Å². The second-order valence-electron chi connectivity index (χ2n) is 5.57. The number of hydrogen-bond donors (Lipinski definition) is 0. The molecule has 5 nitrogen and oxygen atoms in total. The molecule has 1 aliphatic rings. The van der Waals surface area contributed by atoms with Gasteiger partial charge in [0.1, 0.15) is 6.26 Å². The molecule has 0 N–H and O–H groups in total. The van der Waals surface area contributed by atoms with E-state index in [9.17, 15) is 4.79 Å². The van der Waals surface area contributed by atoms with Crippen LogP contribution in [0.3, 0.4) is 0 Å². The van der Waals surface area contributed by atoms with E-state index in [0.29, 0.717) is 18.0 Å². The third-order valence-electron chi connectivity index (χ3n) is 3.92. The van der Waals surface area contributed by atoms with E-state index in [1.165, 1.54) is 23.3 Å². The zero-order valence-corrected chi connectivity index (χ0v) is 13.2. The molecular formula is C15H19N3O2S. The molecule has 0 spiro atoms. The lowest BCUT2D eigenvalue weighted by Crippen LogP contribution is -2.33. The molecular weight excluding hydrogens is 286 g/mol. The molecule has 1 aliphatic carbocycles. The van der Waals surface area contributed by atoms with Crippen LogP contribution < -0.4 is 0 Å². The summed E-state index contributed by atoms with van der Waals surface area (Å²) in [6.45, 7) is 2.78. The highest BCUT2D eigenvalue weighted by molar-refractivity contribution is 7.11. The fourth-order valence-electron chi connectivity index (χ4n) is 2.86. The molecule has 0 radical (unpaired) electrons. The van der Waals surface area contributed by atoms with Crippen molar-refractivity contribution >= 4 is 17.2 Å². The van der Waals surface area contributed by atoms with Gasteiger partial charge in [0, 0.05) is 30.5 Å². The largest absolute Gasteiger partial charge is 0.364 e. The van der Waals surface area contributed by atoms with Gasteiger partial charge >= 0.3 is 0 Å². The van der Waals surface area contributed by atoms with Crippen LogP contribution in [0.5, 0.6) is 0 Å². The van der Waals surface area contributed by atoms with Gasteiger partial charge in [-0.1, -0.05) is 5.16 Å². The normalized spacial score (nSPS) is 17.5. The van der Waals surface area contributed by atoms with Crippen molar-refractivity contribution in [2.45, 2.75) is 38.5 Å². The van der Waals surface area contributed by atoms with Crippen molar-refractivity contribution in [2.75, 3.05) is 13.6 Å². The van der Waals surface area contributed by atoms with E-state index >= 15 is 0 Å². The van der Waals surface area contributed by atoms with Crippen molar-refractivity contribution in [3.8, 4) is 0 Å². The van der Waals surface area contributed by atoms with Crippen LogP contribution in [0.25, 0.3) is 0 Å². The predicted molar refractivity (Wildman–Crippen MR) is 80.4 cm³/mol. The molecule has 21 heavy (non-hydrogen) atoms. The lowest BCUT2D eigenvalue weighted by Gasteiger charge is -2.26. The zero-order chi connectivity index (χ0) is 14.8. The minimum absolute atomic E-state index is 0.0722. The van der Waals surface area contributed by atoms with Crippen LogP contribution >= 0.6 is 11.3 Å². The van der Waals surface area contributed by atoms with Gasteiger partial charge in [-0.2, -0.15) is 0 Å². The van der Waals surface area contributed by atoms with Crippen LogP contribution in [-0.4, -0.2) is 34.5 Å². The molecule has 0 bridgehead atoms. The first kappa shape index (κ1) is 14.3. The Morgan fingerprint density at radius 3 is 3.19 bits per heavy atom. The number of nitrogens with zero attached hydrogens (tertiary/aromatic N) is 3. The van der Waals surface area contributed by atoms with E-state index in [4.69, 9.17) is 4.52 Å². The number of thiazole rings is 1. The molecule has 0 saturated carbocycles. The second-order valence-corrected chi connectivity index (χ2v) is 6.86. The molecule has 1 amide bonds. The van der Waals surface area contributed by atoms with Crippen molar-refractivity contribution < 1.29 is 9.32 Å². The Hall–Kier alpha value is -1.69. The number of aromatic nitrogens is 2. The summed E-state index contributed by atoms with van der Waals surface area (Å²) in [4.78, 5) is 20.1. The van der Waals surface area contributed by atoms with E-state index in [-0.39, 0.29) is 5.91 Å². The van der Waals surface area contributed by atoms with Crippen molar-refractivity contribution in [3.05, 3.63) is 33.6 Å². The minimum Gasteiger partial charge on any atom is -0.364 e. The molecule has 1 atom stereocenters. The number of fused-ring (bicyclic) bond motifs is 1. The molecule has 2 heterocycles. The molecule has 3 rings (SSSR count). The Labute approximate surface area is 128 Å². The number of likely N-dealkylation sites (N-methyl/N-ethyl adjacent to an activating group) is 1.